The van der Waals surface area contributed by atoms with Crippen LogP contribution in [0.5, 0.6) is 0 Å². The summed E-state index contributed by atoms with van der Waals surface area (Å²) in [5.41, 5.74) is 5.96. The Hall–Kier alpha value is -2.58. The molecule has 0 spiro atoms. The molecule has 0 saturated carbocycles. The van der Waals surface area contributed by atoms with Gasteiger partial charge in [0.05, 0.1) is 6.54 Å². The summed E-state index contributed by atoms with van der Waals surface area (Å²) >= 11 is 5.99. The summed E-state index contributed by atoms with van der Waals surface area (Å²) in [5.74, 6) is -0.0796. The van der Waals surface area contributed by atoms with E-state index in [4.69, 9.17) is 17.3 Å². The molecule has 0 aliphatic heterocycles. The Morgan fingerprint density at radius 2 is 1.87 bits per heavy atom. The highest BCUT2D eigenvalue weighted by Gasteiger charge is 2.24. The molecular formula is C22H32ClN5O3. The summed E-state index contributed by atoms with van der Waals surface area (Å²) in [4.78, 5) is 41.3. The molecule has 0 bridgehead atoms. The number of aromatic nitrogens is 2. The first-order chi connectivity index (χ1) is 14.7. The van der Waals surface area contributed by atoms with Gasteiger partial charge >= 0.3 is 5.69 Å². The molecule has 9 heteroatoms. The van der Waals surface area contributed by atoms with Gasteiger partial charge in [-0.05, 0) is 37.0 Å². The van der Waals surface area contributed by atoms with Crippen LogP contribution in [0.15, 0.2) is 33.9 Å². The number of aromatic amines is 1. The Labute approximate surface area is 187 Å². The van der Waals surface area contributed by atoms with Crippen molar-refractivity contribution < 1.29 is 4.79 Å². The predicted octanol–water partition coefficient (Wildman–Crippen LogP) is 2.91. The second-order valence-corrected chi connectivity index (χ2v) is 8.23. The number of nitrogens with zero attached hydrogens (tertiary/aromatic N) is 2. The van der Waals surface area contributed by atoms with Crippen molar-refractivity contribution in [1.82, 2.24) is 14.9 Å². The number of carbonyl (C=O) groups excluding carboxylic acids is 1. The number of hydrogen-bond acceptors (Lipinski definition) is 5. The van der Waals surface area contributed by atoms with Crippen molar-refractivity contribution in [2.75, 3.05) is 23.7 Å². The molecule has 31 heavy (non-hydrogen) atoms. The number of H-pyrrole nitrogens is 1. The van der Waals surface area contributed by atoms with E-state index in [-0.39, 0.29) is 42.5 Å². The molecule has 1 aromatic heterocycles. The SMILES string of the molecule is CCCCn1c(N)c(N(CC)C(=O)CNC(c2ccc(Cl)cc2)C(C)C)c(=O)[nH]c1=O. The number of likely N-dealkylation sites (N-methyl/N-ethyl adjacent to an activating group) is 1. The highest BCUT2D eigenvalue weighted by atomic mass is 35.5. The highest BCUT2D eigenvalue weighted by Crippen LogP contribution is 2.23. The third-order valence-electron chi connectivity index (χ3n) is 5.21. The lowest BCUT2D eigenvalue weighted by molar-refractivity contribution is -0.118. The van der Waals surface area contributed by atoms with Crippen LogP contribution >= 0.6 is 11.6 Å². The lowest BCUT2D eigenvalue weighted by atomic mass is 9.96. The Balaban J connectivity index is 2.28. The van der Waals surface area contributed by atoms with Gasteiger partial charge in [-0.2, -0.15) is 0 Å². The fourth-order valence-electron chi connectivity index (χ4n) is 3.54. The van der Waals surface area contributed by atoms with Gasteiger partial charge in [-0.1, -0.05) is 50.9 Å². The summed E-state index contributed by atoms with van der Waals surface area (Å²) in [6.07, 6.45) is 1.59. The van der Waals surface area contributed by atoms with E-state index in [0.29, 0.717) is 11.6 Å². The number of hydrogen-bond donors (Lipinski definition) is 3. The average Bonchev–Trinajstić information content (AvgIpc) is 2.71. The van der Waals surface area contributed by atoms with Gasteiger partial charge in [-0.15, -0.1) is 0 Å². The number of unbranched alkanes of at least 4 members (excludes halogenated alkanes) is 1. The lowest BCUT2D eigenvalue weighted by Gasteiger charge is -2.26. The van der Waals surface area contributed by atoms with E-state index in [0.717, 1.165) is 18.4 Å². The van der Waals surface area contributed by atoms with Gasteiger partial charge in [0.2, 0.25) is 5.91 Å². The second-order valence-electron chi connectivity index (χ2n) is 7.79. The standard InChI is InChI=1S/C22H32ClN5O3/c1-5-7-12-28-20(24)19(21(30)26-22(28)31)27(6-2)17(29)13-25-18(14(3)4)15-8-10-16(23)11-9-15/h8-11,14,18,25H,5-7,12-13,24H2,1-4H3,(H,26,30,31). The summed E-state index contributed by atoms with van der Waals surface area (Å²) < 4.78 is 1.31. The number of benzene rings is 1. The van der Waals surface area contributed by atoms with Crippen molar-refractivity contribution in [3.05, 3.63) is 55.7 Å². The zero-order chi connectivity index (χ0) is 23.1. The molecule has 2 aromatic rings. The number of anilines is 2. The van der Waals surface area contributed by atoms with Crippen molar-refractivity contribution in [2.45, 2.75) is 53.1 Å². The molecule has 1 unspecified atom stereocenters. The van der Waals surface area contributed by atoms with Gasteiger partial charge in [-0.3, -0.25) is 19.1 Å². The third-order valence-corrected chi connectivity index (χ3v) is 5.46. The van der Waals surface area contributed by atoms with Crippen LogP contribution in [0.3, 0.4) is 0 Å². The summed E-state index contributed by atoms with van der Waals surface area (Å²) in [6.45, 7) is 8.49. The van der Waals surface area contributed by atoms with Crippen LogP contribution in [0, 0.1) is 5.92 Å². The van der Waals surface area contributed by atoms with Crippen molar-refractivity contribution in [2.24, 2.45) is 5.92 Å². The Bertz CT molecular complexity index is 998. The molecule has 0 radical (unpaired) electrons. The lowest BCUT2D eigenvalue weighted by Crippen LogP contribution is -2.45. The fraction of sp³-hybridized carbons (Fsp3) is 0.500. The first-order valence-electron chi connectivity index (χ1n) is 10.6. The number of nitrogens with two attached hydrogens (primary N) is 1. The van der Waals surface area contributed by atoms with E-state index in [9.17, 15) is 14.4 Å². The van der Waals surface area contributed by atoms with Crippen molar-refractivity contribution in [3.8, 4) is 0 Å². The molecular weight excluding hydrogens is 418 g/mol. The van der Waals surface area contributed by atoms with Crippen LogP contribution in [0.25, 0.3) is 0 Å². The van der Waals surface area contributed by atoms with Crippen LogP contribution < -0.4 is 27.2 Å². The maximum Gasteiger partial charge on any atom is 0.330 e. The van der Waals surface area contributed by atoms with Crippen LogP contribution in [-0.2, 0) is 11.3 Å². The van der Waals surface area contributed by atoms with E-state index >= 15 is 0 Å². The minimum atomic E-state index is -0.663. The van der Waals surface area contributed by atoms with Crippen molar-refractivity contribution in [3.63, 3.8) is 0 Å². The number of amides is 1. The van der Waals surface area contributed by atoms with Crippen LogP contribution in [0.2, 0.25) is 5.02 Å². The minimum Gasteiger partial charge on any atom is -0.383 e. The Morgan fingerprint density at radius 3 is 2.42 bits per heavy atom. The molecule has 0 aliphatic rings. The average molecular weight is 450 g/mol. The molecule has 170 valence electrons. The van der Waals surface area contributed by atoms with Gasteiger partial charge in [0.15, 0.2) is 5.69 Å². The summed E-state index contributed by atoms with van der Waals surface area (Å²) in [6, 6.07) is 7.40. The van der Waals surface area contributed by atoms with Crippen LogP contribution in [0.4, 0.5) is 11.5 Å². The normalized spacial score (nSPS) is 12.2. The minimum absolute atomic E-state index is 0.00623. The van der Waals surface area contributed by atoms with Crippen molar-refractivity contribution >= 4 is 29.0 Å². The highest BCUT2D eigenvalue weighted by molar-refractivity contribution is 6.30. The monoisotopic (exact) mass is 449 g/mol. The molecule has 2 rings (SSSR count). The number of nitrogens with one attached hydrogen (secondary N) is 2. The van der Waals surface area contributed by atoms with Crippen LogP contribution in [0.1, 0.15) is 52.1 Å². The Kier molecular flexibility index (Phi) is 8.88. The first kappa shape index (κ1) is 24.7. The molecule has 0 fully saturated rings. The summed E-state index contributed by atoms with van der Waals surface area (Å²) in [5, 5.41) is 3.93. The quantitative estimate of drug-likeness (QED) is 0.516. The van der Waals surface area contributed by atoms with E-state index in [1.54, 1.807) is 6.92 Å². The van der Waals surface area contributed by atoms with Gasteiger partial charge in [0.25, 0.3) is 5.56 Å². The maximum absolute atomic E-state index is 13.0. The molecule has 1 atom stereocenters. The van der Waals surface area contributed by atoms with Crippen molar-refractivity contribution in [1.29, 1.82) is 0 Å². The van der Waals surface area contributed by atoms with Gasteiger partial charge < -0.3 is 16.0 Å². The van der Waals surface area contributed by atoms with E-state index in [1.165, 1.54) is 9.47 Å². The number of nitrogen functional groups attached to an aromatic ring is 1. The third kappa shape index (κ3) is 5.98. The van der Waals surface area contributed by atoms with Gasteiger partial charge in [-0.25, -0.2) is 4.79 Å². The second kappa shape index (κ2) is 11.2. The smallest absolute Gasteiger partial charge is 0.330 e. The zero-order valence-electron chi connectivity index (χ0n) is 18.6. The zero-order valence-corrected chi connectivity index (χ0v) is 19.3. The molecule has 1 heterocycles. The van der Waals surface area contributed by atoms with E-state index < -0.39 is 11.2 Å². The number of halogens is 1. The topological polar surface area (TPSA) is 113 Å². The summed E-state index contributed by atoms with van der Waals surface area (Å²) in [7, 11) is 0. The van der Waals surface area contributed by atoms with Gasteiger partial charge in [0, 0.05) is 24.2 Å². The van der Waals surface area contributed by atoms with Gasteiger partial charge in [0.1, 0.15) is 5.82 Å². The van der Waals surface area contributed by atoms with E-state index in [1.807, 2.05) is 31.2 Å². The van der Waals surface area contributed by atoms with E-state index in [2.05, 4.69) is 24.1 Å². The molecule has 4 N–H and O–H groups in total. The van der Waals surface area contributed by atoms with Crippen LogP contribution in [-0.4, -0.2) is 28.5 Å². The molecule has 0 aliphatic carbocycles. The predicted molar refractivity (Wildman–Crippen MR) is 126 cm³/mol. The fourth-order valence-corrected chi connectivity index (χ4v) is 3.66. The maximum atomic E-state index is 13.0. The molecule has 1 aromatic carbocycles. The first-order valence-corrected chi connectivity index (χ1v) is 11.0. The molecule has 1 amide bonds. The largest absolute Gasteiger partial charge is 0.383 e. The Morgan fingerprint density at radius 1 is 1.23 bits per heavy atom. The number of rotatable bonds is 10. The number of carbonyl (C=O) groups is 1. The molecule has 0 saturated heterocycles. The molecule has 8 nitrogen and oxygen atoms in total.